The number of amides is 2. The van der Waals surface area contributed by atoms with E-state index < -0.39 is 5.95 Å². The fourth-order valence-electron chi connectivity index (χ4n) is 4.22. The number of hydrogen-bond donors (Lipinski definition) is 1. The Morgan fingerprint density at radius 3 is 2.89 bits per heavy atom. The Morgan fingerprint density at radius 1 is 1.33 bits per heavy atom. The van der Waals surface area contributed by atoms with Crippen LogP contribution in [0.25, 0.3) is 5.65 Å². The van der Waals surface area contributed by atoms with Gasteiger partial charge < -0.3 is 15.5 Å². The maximum Gasteiger partial charge on any atom is 0.277 e. The third-order valence-electron chi connectivity index (χ3n) is 5.47. The molecule has 2 saturated heterocycles. The maximum absolute atomic E-state index is 14.6. The van der Waals surface area contributed by atoms with E-state index in [-0.39, 0.29) is 41.9 Å². The molecule has 2 aromatic rings. The zero-order valence-electron chi connectivity index (χ0n) is 14.9. The number of nitrogens with two attached hydrogens (primary N) is 1. The van der Waals surface area contributed by atoms with Crippen molar-refractivity contribution in [1.82, 2.24) is 19.2 Å². The van der Waals surface area contributed by atoms with Crippen molar-refractivity contribution in [3.05, 3.63) is 36.0 Å². The first kappa shape index (κ1) is 19.6. The second kappa shape index (κ2) is 7.82. The van der Waals surface area contributed by atoms with E-state index in [0.717, 1.165) is 6.42 Å². The molecule has 0 saturated carbocycles. The summed E-state index contributed by atoms with van der Waals surface area (Å²) >= 11 is 0. The molecule has 9 heteroatoms. The maximum atomic E-state index is 14.6. The highest BCUT2D eigenvalue weighted by atomic mass is 35.5. The molecular weight excluding hydrogens is 373 g/mol. The van der Waals surface area contributed by atoms with Gasteiger partial charge in [0.15, 0.2) is 5.69 Å². The first-order valence-electron chi connectivity index (χ1n) is 9.01. The molecule has 0 aliphatic carbocycles. The van der Waals surface area contributed by atoms with Crippen molar-refractivity contribution in [2.75, 3.05) is 26.2 Å². The second-order valence-corrected chi connectivity index (χ2v) is 6.96. The summed E-state index contributed by atoms with van der Waals surface area (Å²) in [6.07, 6.45) is 3.48. The van der Waals surface area contributed by atoms with Gasteiger partial charge in [-0.3, -0.25) is 14.0 Å². The molecule has 146 valence electrons. The number of fused-ring (bicyclic) bond motifs is 2. The number of hydrogen-bond acceptors (Lipinski definition) is 4. The molecule has 4 heterocycles. The highest BCUT2D eigenvalue weighted by Gasteiger charge is 2.40. The zero-order chi connectivity index (χ0) is 18.3. The van der Waals surface area contributed by atoms with E-state index in [0.29, 0.717) is 44.7 Å². The van der Waals surface area contributed by atoms with Gasteiger partial charge in [0.1, 0.15) is 5.65 Å². The van der Waals surface area contributed by atoms with Gasteiger partial charge in [0.25, 0.3) is 5.91 Å². The van der Waals surface area contributed by atoms with Gasteiger partial charge in [-0.2, -0.15) is 4.39 Å². The average Bonchev–Trinajstić information content (AvgIpc) is 3.00. The monoisotopic (exact) mass is 395 g/mol. The Bertz CT molecular complexity index is 857. The van der Waals surface area contributed by atoms with Gasteiger partial charge in [0, 0.05) is 44.8 Å². The van der Waals surface area contributed by atoms with Crippen LogP contribution in [-0.4, -0.2) is 63.2 Å². The third kappa shape index (κ3) is 3.39. The third-order valence-corrected chi connectivity index (χ3v) is 5.47. The molecule has 0 bridgehead atoms. The Labute approximate surface area is 162 Å². The number of imidazole rings is 1. The molecule has 2 aliphatic rings. The van der Waals surface area contributed by atoms with Crippen LogP contribution >= 0.6 is 12.4 Å². The number of piperidine rings is 2. The lowest BCUT2D eigenvalue weighted by Crippen LogP contribution is -2.57. The molecule has 0 radical (unpaired) electrons. The fraction of sp³-hybridized carbons (Fsp3) is 0.500. The summed E-state index contributed by atoms with van der Waals surface area (Å²) in [7, 11) is 0. The largest absolute Gasteiger partial charge is 0.338 e. The number of rotatable bonds is 3. The van der Waals surface area contributed by atoms with Gasteiger partial charge in [-0.15, -0.1) is 12.4 Å². The number of pyridine rings is 1. The normalized spacial score (nSPS) is 22.5. The molecule has 2 aromatic heterocycles. The molecule has 2 amide bonds. The molecule has 27 heavy (non-hydrogen) atoms. The van der Waals surface area contributed by atoms with Crippen molar-refractivity contribution in [2.24, 2.45) is 11.7 Å². The smallest absolute Gasteiger partial charge is 0.277 e. The van der Waals surface area contributed by atoms with Crippen LogP contribution in [0.4, 0.5) is 4.39 Å². The van der Waals surface area contributed by atoms with Gasteiger partial charge in [0.2, 0.25) is 11.9 Å². The summed E-state index contributed by atoms with van der Waals surface area (Å²) in [5.74, 6) is -0.664. The van der Waals surface area contributed by atoms with Crippen molar-refractivity contribution >= 4 is 29.9 Å². The first-order valence-corrected chi connectivity index (χ1v) is 9.01. The summed E-state index contributed by atoms with van der Waals surface area (Å²) in [6.45, 7) is 1.99. The van der Waals surface area contributed by atoms with E-state index >= 15 is 0 Å². The summed E-state index contributed by atoms with van der Waals surface area (Å²) in [5, 5.41) is 0. The summed E-state index contributed by atoms with van der Waals surface area (Å²) in [4.78, 5) is 32.7. The number of aromatic nitrogens is 2. The van der Waals surface area contributed by atoms with E-state index in [1.807, 2.05) is 4.90 Å². The van der Waals surface area contributed by atoms with E-state index in [1.54, 1.807) is 29.3 Å². The van der Waals surface area contributed by atoms with Crippen LogP contribution in [0, 0.1) is 11.9 Å². The van der Waals surface area contributed by atoms with Gasteiger partial charge >= 0.3 is 0 Å². The Balaban J connectivity index is 0.00000210. The SMILES string of the molecule is Cl.NCCN1C(=O)CC[C@H]2CN(C(=O)c3nc4ccccn4c3F)CC[C@H]21. The van der Waals surface area contributed by atoms with Gasteiger partial charge in [-0.05, 0) is 30.9 Å². The molecule has 2 fully saturated rings. The Hall–Kier alpha value is -2.19. The molecule has 2 N–H and O–H groups in total. The van der Waals surface area contributed by atoms with Crippen molar-refractivity contribution < 1.29 is 14.0 Å². The van der Waals surface area contributed by atoms with Gasteiger partial charge in [-0.1, -0.05) is 6.07 Å². The summed E-state index contributed by atoms with van der Waals surface area (Å²) in [6, 6.07) is 5.24. The Kier molecular flexibility index (Phi) is 5.67. The first-order chi connectivity index (χ1) is 12.6. The molecule has 0 aromatic carbocycles. The molecule has 2 atom stereocenters. The number of halogens is 2. The molecule has 4 rings (SSSR count). The zero-order valence-corrected chi connectivity index (χ0v) is 15.7. The number of likely N-dealkylation sites (tertiary alicyclic amines) is 2. The van der Waals surface area contributed by atoms with Crippen molar-refractivity contribution in [3.8, 4) is 0 Å². The lowest BCUT2D eigenvalue weighted by atomic mass is 9.83. The molecule has 0 unspecified atom stereocenters. The van der Waals surface area contributed by atoms with Crippen molar-refractivity contribution in [2.45, 2.75) is 25.3 Å². The van der Waals surface area contributed by atoms with E-state index in [4.69, 9.17) is 5.73 Å². The number of carbonyl (C=O) groups excluding carboxylic acids is 2. The summed E-state index contributed by atoms with van der Waals surface area (Å²) in [5.41, 5.74) is 5.92. The molecular formula is C18H23ClFN5O2. The predicted molar refractivity (Wildman–Crippen MR) is 100 cm³/mol. The number of nitrogens with zero attached hydrogens (tertiary/aromatic N) is 4. The predicted octanol–water partition coefficient (Wildman–Crippen LogP) is 1.31. The van der Waals surface area contributed by atoms with Gasteiger partial charge in [-0.25, -0.2) is 4.98 Å². The average molecular weight is 396 g/mol. The lowest BCUT2D eigenvalue weighted by Gasteiger charge is -2.46. The quantitative estimate of drug-likeness (QED) is 0.849. The lowest BCUT2D eigenvalue weighted by molar-refractivity contribution is -0.140. The van der Waals surface area contributed by atoms with Crippen LogP contribution in [0.1, 0.15) is 29.8 Å². The number of carbonyl (C=O) groups is 2. The van der Waals surface area contributed by atoms with Gasteiger partial charge in [0.05, 0.1) is 0 Å². The van der Waals surface area contributed by atoms with Crippen LogP contribution < -0.4 is 5.73 Å². The topological polar surface area (TPSA) is 83.9 Å². The second-order valence-electron chi connectivity index (χ2n) is 6.96. The highest BCUT2D eigenvalue weighted by molar-refractivity contribution is 5.93. The molecule has 2 aliphatic heterocycles. The minimum Gasteiger partial charge on any atom is -0.338 e. The minimum absolute atomic E-state index is 0. The molecule has 0 spiro atoms. The molecule has 7 nitrogen and oxygen atoms in total. The van der Waals surface area contributed by atoms with Crippen LogP contribution in [0.2, 0.25) is 0 Å². The minimum atomic E-state index is -0.628. The summed E-state index contributed by atoms with van der Waals surface area (Å²) < 4.78 is 15.8. The van der Waals surface area contributed by atoms with E-state index in [9.17, 15) is 14.0 Å². The van der Waals surface area contributed by atoms with Crippen LogP contribution in [0.15, 0.2) is 24.4 Å². The van der Waals surface area contributed by atoms with Crippen molar-refractivity contribution in [3.63, 3.8) is 0 Å². The van der Waals surface area contributed by atoms with E-state index in [1.165, 1.54) is 4.40 Å². The fourth-order valence-corrected chi connectivity index (χ4v) is 4.22. The van der Waals surface area contributed by atoms with Crippen LogP contribution in [0.5, 0.6) is 0 Å². The van der Waals surface area contributed by atoms with Crippen LogP contribution in [0.3, 0.4) is 0 Å². The Morgan fingerprint density at radius 2 is 2.15 bits per heavy atom. The van der Waals surface area contributed by atoms with E-state index in [2.05, 4.69) is 4.98 Å². The highest BCUT2D eigenvalue weighted by Crippen LogP contribution is 2.31. The van der Waals surface area contributed by atoms with Crippen LogP contribution in [-0.2, 0) is 4.79 Å². The van der Waals surface area contributed by atoms with Crippen molar-refractivity contribution in [1.29, 1.82) is 0 Å². The standard InChI is InChI=1S/C18H22FN5O2.ClH/c19-17-16(21-14-3-1-2-8-24(14)17)18(26)22-9-6-13-12(11-22)4-5-15(25)23(13)10-7-20;/h1-3,8,12-13H,4-7,9-11,20H2;1H/t12-,13+;/m0./s1.